The lowest BCUT2D eigenvalue weighted by Gasteiger charge is -2.16. The van der Waals surface area contributed by atoms with Crippen LogP contribution in [0.15, 0.2) is 47.3 Å². The highest BCUT2D eigenvalue weighted by Crippen LogP contribution is 2.35. The van der Waals surface area contributed by atoms with Gasteiger partial charge in [0.2, 0.25) is 0 Å². The number of benzene rings is 2. The van der Waals surface area contributed by atoms with E-state index >= 15 is 0 Å². The number of hydrogen-bond acceptors (Lipinski definition) is 7. The molecule has 0 fully saturated rings. The summed E-state index contributed by atoms with van der Waals surface area (Å²) < 4.78 is 24.1. The molecule has 0 aliphatic rings. The maximum absolute atomic E-state index is 13.0. The molecule has 3 rings (SSSR count). The lowest BCUT2D eigenvalue weighted by atomic mass is 10.1. The van der Waals surface area contributed by atoms with Crippen molar-refractivity contribution >= 4 is 17.6 Å². The summed E-state index contributed by atoms with van der Waals surface area (Å²) in [7, 11) is 6.00. The van der Waals surface area contributed by atoms with Crippen LogP contribution in [0.1, 0.15) is 23.0 Å². The van der Waals surface area contributed by atoms with E-state index < -0.39 is 23.5 Å². The van der Waals surface area contributed by atoms with E-state index in [1.54, 1.807) is 30.8 Å². The zero-order valence-corrected chi connectivity index (χ0v) is 19.9. The highest BCUT2D eigenvalue weighted by Gasteiger charge is 2.26. The molecule has 1 atom stereocenters. The highest BCUT2D eigenvalue weighted by atomic mass is 16.6. The van der Waals surface area contributed by atoms with Crippen LogP contribution in [0.25, 0.3) is 5.69 Å². The van der Waals surface area contributed by atoms with Crippen LogP contribution < -0.4 is 25.1 Å². The second-order valence-corrected chi connectivity index (χ2v) is 7.38. The number of rotatable bonds is 8. The Morgan fingerprint density at radius 2 is 1.53 bits per heavy atom. The van der Waals surface area contributed by atoms with Gasteiger partial charge in [0.25, 0.3) is 11.5 Å². The zero-order chi connectivity index (χ0) is 25.0. The van der Waals surface area contributed by atoms with Gasteiger partial charge in [-0.3, -0.25) is 14.3 Å². The van der Waals surface area contributed by atoms with Gasteiger partial charge in [-0.05, 0) is 26.0 Å². The molecule has 10 heteroatoms. The average molecular weight is 469 g/mol. The number of hydrogen-bond donors (Lipinski definition) is 1. The molecular formula is C24H27N3O7. The van der Waals surface area contributed by atoms with Gasteiger partial charge in [-0.2, -0.15) is 0 Å². The number of nitrogens with zero attached hydrogens (tertiary/aromatic N) is 2. The van der Waals surface area contributed by atoms with Gasteiger partial charge in [-0.1, -0.05) is 18.2 Å². The van der Waals surface area contributed by atoms with Crippen LogP contribution >= 0.6 is 0 Å². The van der Waals surface area contributed by atoms with Gasteiger partial charge < -0.3 is 24.3 Å². The van der Waals surface area contributed by atoms with Crippen LogP contribution in [-0.4, -0.2) is 48.7 Å². The minimum absolute atomic E-state index is 0.0575. The molecule has 1 aromatic heterocycles. The van der Waals surface area contributed by atoms with Crippen molar-refractivity contribution in [3.05, 3.63) is 64.1 Å². The third-order valence-corrected chi connectivity index (χ3v) is 5.38. The van der Waals surface area contributed by atoms with E-state index in [2.05, 4.69) is 5.32 Å². The molecule has 180 valence electrons. The van der Waals surface area contributed by atoms with Crippen molar-refractivity contribution < 1.29 is 28.5 Å². The Hall–Kier alpha value is -4.21. The molecule has 34 heavy (non-hydrogen) atoms. The first-order valence-corrected chi connectivity index (χ1v) is 10.4. The van der Waals surface area contributed by atoms with E-state index in [9.17, 15) is 14.4 Å². The third kappa shape index (κ3) is 4.61. The first-order chi connectivity index (χ1) is 16.2. The summed E-state index contributed by atoms with van der Waals surface area (Å²) in [6, 6.07) is 11.9. The molecule has 1 unspecified atom stereocenters. The zero-order valence-electron chi connectivity index (χ0n) is 19.9. The number of aromatic nitrogens is 2. The molecule has 1 heterocycles. The quantitative estimate of drug-likeness (QED) is 0.505. The van der Waals surface area contributed by atoms with E-state index in [4.69, 9.17) is 18.9 Å². The Labute approximate surface area is 196 Å². The van der Waals surface area contributed by atoms with E-state index in [-0.39, 0.29) is 17.0 Å². The monoisotopic (exact) mass is 469 g/mol. The molecule has 1 amide bonds. The summed E-state index contributed by atoms with van der Waals surface area (Å²) in [5.74, 6) is -0.588. The number of anilines is 1. The van der Waals surface area contributed by atoms with Crippen LogP contribution in [0.2, 0.25) is 0 Å². The Kier molecular flexibility index (Phi) is 7.30. The summed E-state index contributed by atoms with van der Waals surface area (Å²) in [6.07, 6.45) is -1.20. The average Bonchev–Trinajstić information content (AvgIpc) is 3.06. The fraction of sp³-hybridized carbons (Fsp3) is 0.292. The number of ether oxygens (including phenoxy) is 4. The topological polar surface area (TPSA) is 110 Å². The number of carbonyl (C=O) groups is 2. The van der Waals surface area contributed by atoms with Gasteiger partial charge in [-0.25, -0.2) is 9.48 Å². The fourth-order valence-electron chi connectivity index (χ4n) is 3.40. The Morgan fingerprint density at radius 1 is 0.941 bits per heavy atom. The minimum Gasteiger partial charge on any atom is -0.496 e. The lowest BCUT2D eigenvalue weighted by Crippen LogP contribution is -2.32. The van der Waals surface area contributed by atoms with E-state index in [1.807, 2.05) is 18.2 Å². The number of nitrogens with one attached hydrogen (secondary N) is 1. The molecule has 1 N–H and O–H groups in total. The number of para-hydroxylation sites is 1. The summed E-state index contributed by atoms with van der Waals surface area (Å²) in [5, 5.41) is 2.59. The Balaban J connectivity index is 1.82. The molecule has 3 aromatic rings. The number of methoxy groups -OCH3 is 3. The van der Waals surface area contributed by atoms with Crippen LogP contribution in [-0.2, 0) is 16.6 Å². The van der Waals surface area contributed by atoms with Crippen LogP contribution in [0.3, 0.4) is 0 Å². The summed E-state index contributed by atoms with van der Waals surface area (Å²) in [5.41, 5.74) is 0.950. The minimum atomic E-state index is -1.20. The summed E-state index contributed by atoms with van der Waals surface area (Å²) in [6.45, 7) is 3.12. The van der Waals surface area contributed by atoms with Crippen molar-refractivity contribution in [3.63, 3.8) is 0 Å². The van der Waals surface area contributed by atoms with Crippen molar-refractivity contribution in [2.24, 2.45) is 7.05 Å². The predicted octanol–water partition coefficient (Wildman–Crippen LogP) is 2.69. The molecule has 0 aliphatic heterocycles. The van der Waals surface area contributed by atoms with Crippen molar-refractivity contribution in [2.75, 3.05) is 26.6 Å². The molecule has 0 radical (unpaired) electrons. The van der Waals surface area contributed by atoms with Crippen molar-refractivity contribution in [1.82, 2.24) is 9.36 Å². The van der Waals surface area contributed by atoms with Gasteiger partial charge in [-0.15, -0.1) is 0 Å². The SMILES string of the molecule is COc1cc(OC)c(C(=O)OC(C)C(=O)Nc2c(C)n(C)n(-c3ccccc3)c2=O)cc1OC. The lowest BCUT2D eigenvalue weighted by molar-refractivity contribution is -0.123. The Bertz CT molecular complexity index is 1260. The predicted molar refractivity (Wildman–Crippen MR) is 125 cm³/mol. The standard InChI is InChI=1S/C24H27N3O7/c1-14-21(23(29)27(26(14)3)16-10-8-7-9-11-16)25-22(28)15(2)34-24(30)17-12-19(32-5)20(33-6)13-18(17)31-4/h7-13,15H,1-6H3,(H,25,28). The largest absolute Gasteiger partial charge is 0.496 e. The molecule has 0 saturated heterocycles. The van der Waals surface area contributed by atoms with E-state index in [1.165, 1.54) is 45.1 Å². The maximum atomic E-state index is 13.0. The first kappa shape index (κ1) is 24.4. The highest BCUT2D eigenvalue weighted by molar-refractivity contribution is 5.99. The van der Waals surface area contributed by atoms with Gasteiger partial charge in [0.1, 0.15) is 17.0 Å². The van der Waals surface area contributed by atoms with E-state index in [0.717, 1.165) is 0 Å². The van der Waals surface area contributed by atoms with Gasteiger partial charge >= 0.3 is 5.97 Å². The molecule has 0 saturated carbocycles. The number of carbonyl (C=O) groups excluding carboxylic acids is 2. The molecule has 0 aliphatic carbocycles. The van der Waals surface area contributed by atoms with Crippen LogP contribution in [0.4, 0.5) is 5.69 Å². The van der Waals surface area contributed by atoms with Gasteiger partial charge in [0.15, 0.2) is 17.6 Å². The molecular weight excluding hydrogens is 442 g/mol. The second kappa shape index (κ2) is 10.2. The smallest absolute Gasteiger partial charge is 0.342 e. The third-order valence-electron chi connectivity index (χ3n) is 5.38. The van der Waals surface area contributed by atoms with Crippen LogP contribution in [0.5, 0.6) is 17.2 Å². The van der Waals surface area contributed by atoms with E-state index in [0.29, 0.717) is 22.9 Å². The molecule has 0 bridgehead atoms. The number of esters is 1. The summed E-state index contributed by atoms with van der Waals surface area (Å²) >= 11 is 0. The maximum Gasteiger partial charge on any atom is 0.342 e. The summed E-state index contributed by atoms with van der Waals surface area (Å²) in [4.78, 5) is 38.6. The van der Waals surface area contributed by atoms with Gasteiger partial charge in [0, 0.05) is 19.2 Å². The normalized spacial score (nSPS) is 11.5. The van der Waals surface area contributed by atoms with Crippen molar-refractivity contribution in [2.45, 2.75) is 20.0 Å². The van der Waals surface area contributed by atoms with Crippen molar-refractivity contribution in [3.8, 4) is 22.9 Å². The molecule has 10 nitrogen and oxygen atoms in total. The number of amides is 1. The molecule has 0 spiro atoms. The van der Waals surface area contributed by atoms with Crippen molar-refractivity contribution in [1.29, 1.82) is 0 Å². The van der Waals surface area contributed by atoms with Crippen LogP contribution in [0, 0.1) is 6.92 Å². The second-order valence-electron chi connectivity index (χ2n) is 7.38. The fourth-order valence-corrected chi connectivity index (χ4v) is 3.40. The van der Waals surface area contributed by atoms with Gasteiger partial charge in [0.05, 0.1) is 32.7 Å². The Morgan fingerprint density at radius 3 is 2.12 bits per heavy atom. The first-order valence-electron chi connectivity index (χ1n) is 10.4. The molecule has 2 aromatic carbocycles.